The third-order valence-electron chi connectivity index (χ3n) is 2.72. The molecule has 0 atom stereocenters. The van der Waals surface area contributed by atoms with Crippen LogP contribution in [0.15, 0.2) is 11.1 Å². The average Bonchev–Trinajstić information content (AvgIpc) is 2.66. The molecule has 0 spiro atoms. The number of sulfonamides is 1. The van der Waals surface area contributed by atoms with Crippen molar-refractivity contribution in [2.45, 2.75) is 31.1 Å². The molecule has 1 aromatic rings. The molecule has 0 aromatic carbocycles. The molecule has 2 heterocycles. The summed E-state index contributed by atoms with van der Waals surface area (Å²) in [4.78, 5) is 0.310. The molecule has 0 saturated carbocycles. The van der Waals surface area contributed by atoms with Crippen LogP contribution >= 0.6 is 0 Å². The first-order valence-electron chi connectivity index (χ1n) is 5.12. The zero-order valence-electron chi connectivity index (χ0n) is 8.73. The van der Waals surface area contributed by atoms with Crippen molar-refractivity contribution in [2.24, 2.45) is 0 Å². The lowest BCUT2D eigenvalue weighted by molar-refractivity contribution is 0.346. The molecule has 0 bridgehead atoms. The van der Waals surface area contributed by atoms with E-state index in [4.69, 9.17) is 0 Å². The quantitative estimate of drug-likeness (QED) is 0.819. The van der Waals surface area contributed by atoms with Crippen molar-refractivity contribution in [2.75, 3.05) is 13.1 Å². The van der Waals surface area contributed by atoms with E-state index in [1.807, 2.05) is 0 Å². The Bertz CT molecular complexity index is 432. The zero-order valence-corrected chi connectivity index (χ0v) is 9.55. The number of aromatic amines is 1. The van der Waals surface area contributed by atoms with Gasteiger partial charge in [-0.1, -0.05) is 6.42 Å². The molecule has 2 rings (SSSR count). The first-order valence-corrected chi connectivity index (χ1v) is 6.56. The smallest absolute Gasteiger partial charge is 0.246 e. The largest absolute Gasteiger partial charge is 0.281 e. The number of nitrogens with one attached hydrogen (secondary N) is 1. The number of aromatic nitrogens is 2. The summed E-state index contributed by atoms with van der Waals surface area (Å²) in [6, 6.07) is 0. The number of nitrogens with zero attached hydrogens (tertiary/aromatic N) is 2. The molecular formula is C9H15N3O2S. The zero-order chi connectivity index (χ0) is 10.9. The van der Waals surface area contributed by atoms with Gasteiger partial charge in [0.2, 0.25) is 10.0 Å². The summed E-state index contributed by atoms with van der Waals surface area (Å²) in [6.45, 7) is 2.99. The second kappa shape index (κ2) is 3.94. The molecule has 1 aliphatic rings. The Morgan fingerprint density at radius 1 is 1.33 bits per heavy atom. The Balaban J connectivity index is 2.30. The standard InChI is InChI=1S/C9H15N3O2S/c1-8-9(7-10-11-8)15(13,14)12-5-3-2-4-6-12/h7H,2-6H2,1H3,(H,10,11). The molecule has 15 heavy (non-hydrogen) atoms. The Morgan fingerprint density at radius 3 is 2.53 bits per heavy atom. The molecule has 6 heteroatoms. The van der Waals surface area contributed by atoms with Gasteiger partial charge in [-0.15, -0.1) is 0 Å². The Morgan fingerprint density at radius 2 is 2.00 bits per heavy atom. The third kappa shape index (κ3) is 1.91. The van der Waals surface area contributed by atoms with E-state index in [1.165, 1.54) is 6.20 Å². The van der Waals surface area contributed by atoms with Crippen LogP contribution in [0.5, 0.6) is 0 Å². The van der Waals surface area contributed by atoms with E-state index in [-0.39, 0.29) is 0 Å². The van der Waals surface area contributed by atoms with Gasteiger partial charge in [-0.3, -0.25) is 5.10 Å². The Kier molecular flexibility index (Phi) is 2.79. The molecule has 1 saturated heterocycles. The average molecular weight is 229 g/mol. The second-order valence-electron chi connectivity index (χ2n) is 3.82. The van der Waals surface area contributed by atoms with Crippen molar-refractivity contribution in [1.82, 2.24) is 14.5 Å². The minimum absolute atomic E-state index is 0.310. The fraction of sp³-hybridized carbons (Fsp3) is 0.667. The molecule has 84 valence electrons. The predicted molar refractivity (Wildman–Crippen MR) is 55.9 cm³/mol. The fourth-order valence-electron chi connectivity index (χ4n) is 1.84. The van der Waals surface area contributed by atoms with Crippen LogP contribution in [0.3, 0.4) is 0 Å². The molecule has 0 unspecified atom stereocenters. The van der Waals surface area contributed by atoms with Crippen molar-refractivity contribution < 1.29 is 8.42 Å². The van der Waals surface area contributed by atoms with Crippen LogP contribution in [0.25, 0.3) is 0 Å². The van der Waals surface area contributed by atoms with Crippen LogP contribution < -0.4 is 0 Å². The maximum absolute atomic E-state index is 12.1. The maximum Gasteiger partial charge on any atom is 0.246 e. The molecule has 1 aromatic heterocycles. The maximum atomic E-state index is 12.1. The van der Waals surface area contributed by atoms with Crippen molar-refractivity contribution >= 4 is 10.0 Å². The highest BCUT2D eigenvalue weighted by Crippen LogP contribution is 2.21. The van der Waals surface area contributed by atoms with Gasteiger partial charge in [0.05, 0.1) is 11.9 Å². The van der Waals surface area contributed by atoms with Crippen LogP contribution in [0, 0.1) is 6.92 Å². The Hall–Kier alpha value is -0.880. The van der Waals surface area contributed by atoms with Crippen molar-refractivity contribution in [3.05, 3.63) is 11.9 Å². The van der Waals surface area contributed by atoms with E-state index in [2.05, 4.69) is 10.2 Å². The van der Waals surface area contributed by atoms with Crippen LogP contribution in [0.1, 0.15) is 25.0 Å². The SMILES string of the molecule is Cc1[nH]ncc1S(=O)(=O)N1CCCCC1. The summed E-state index contributed by atoms with van der Waals surface area (Å²) in [5.74, 6) is 0. The lowest BCUT2D eigenvalue weighted by atomic mass is 10.2. The van der Waals surface area contributed by atoms with E-state index in [1.54, 1.807) is 11.2 Å². The fourth-order valence-corrected chi connectivity index (χ4v) is 3.48. The molecule has 1 aliphatic heterocycles. The van der Waals surface area contributed by atoms with Gasteiger partial charge in [-0.05, 0) is 19.8 Å². The highest BCUT2D eigenvalue weighted by molar-refractivity contribution is 7.89. The molecule has 5 nitrogen and oxygen atoms in total. The molecule has 0 amide bonds. The first kappa shape index (κ1) is 10.6. The summed E-state index contributed by atoms with van der Waals surface area (Å²) in [5, 5.41) is 6.41. The van der Waals surface area contributed by atoms with E-state index in [9.17, 15) is 8.42 Å². The van der Waals surface area contributed by atoms with E-state index < -0.39 is 10.0 Å². The summed E-state index contributed by atoms with van der Waals surface area (Å²) in [6.07, 6.45) is 4.42. The minimum atomic E-state index is -3.31. The number of piperidine rings is 1. The van der Waals surface area contributed by atoms with E-state index in [0.717, 1.165) is 19.3 Å². The van der Waals surface area contributed by atoms with Gasteiger partial charge in [-0.25, -0.2) is 8.42 Å². The van der Waals surface area contributed by atoms with Gasteiger partial charge in [0.25, 0.3) is 0 Å². The van der Waals surface area contributed by atoms with Crippen LogP contribution in [0.4, 0.5) is 0 Å². The number of hydrogen-bond donors (Lipinski definition) is 1. The molecular weight excluding hydrogens is 214 g/mol. The lowest BCUT2D eigenvalue weighted by Gasteiger charge is -2.25. The van der Waals surface area contributed by atoms with Crippen LogP contribution in [-0.4, -0.2) is 36.0 Å². The van der Waals surface area contributed by atoms with Crippen molar-refractivity contribution in [3.63, 3.8) is 0 Å². The Labute approximate surface area is 89.5 Å². The monoisotopic (exact) mass is 229 g/mol. The normalized spacial score (nSPS) is 19.3. The summed E-state index contributed by atoms with van der Waals surface area (Å²) in [7, 11) is -3.31. The summed E-state index contributed by atoms with van der Waals surface area (Å²) >= 11 is 0. The van der Waals surface area contributed by atoms with Crippen molar-refractivity contribution in [3.8, 4) is 0 Å². The number of hydrogen-bond acceptors (Lipinski definition) is 3. The number of rotatable bonds is 2. The van der Waals surface area contributed by atoms with Gasteiger partial charge < -0.3 is 0 Å². The topological polar surface area (TPSA) is 66.1 Å². The molecule has 0 aliphatic carbocycles. The van der Waals surface area contributed by atoms with E-state index in [0.29, 0.717) is 23.7 Å². The predicted octanol–water partition coefficient (Wildman–Crippen LogP) is 0.893. The molecule has 0 radical (unpaired) electrons. The lowest BCUT2D eigenvalue weighted by Crippen LogP contribution is -2.35. The minimum Gasteiger partial charge on any atom is -0.281 e. The van der Waals surface area contributed by atoms with Crippen LogP contribution in [0.2, 0.25) is 0 Å². The number of aryl methyl sites for hydroxylation is 1. The van der Waals surface area contributed by atoms with Gasteiger partial charge in [-0.2, -0.15) is 9.40 Å². The highest BCUT2D eigenvalue weighted by Gasteiger charge is 2.28. The van der Waals surface area contributed by atoms with Gasteiger partial charge in [0.15, 0.2) is 0 Å². The van der Waals surface area contributed by atoms with Gasteiger partial charge in [0.1, 0.15) is 4.90 Å². The van der Waals surface area contributed by atoms with E-state index >= 15 is 0 Å². The summed E-state index contributed by atoms with van der Waals surface area (Å²) < 4.78 is 25.8. The van der Waals surface area contributed by atoms with Gasteiger partial charge in [0, 0.05) is 13.1 Å². The highest BCUT2D eigenvalue weighted by atomic mass is 32.2. The van der Waals surface area contributed by atoms with Crippen LogP contribution in [-0.2, 0) is 10.0 Å². The third-order valence-corrected chi connectivity index (χ3v) is 4.73. The van der Waals surface area contributed by atoms with Gasteiger partial charge >= 0.3 is 0 Å². The number of H-pyrrole nitrogens is 1. The summed E-state index contributed by atoms with van der Waals surface area (Å²) in [5.41, 5.74) is 0.612. The molecule has 1 N–H and O–H groups in total. The molecule has 1 fully saturated rings. The van der Waals surface area contributed by atoms with Crippen molar-refractivity contribution in [1.29, 1.82) is 0 Å². The second-order valence-corrected chi connectivity index (χ2v) is 5.73. The first-order chi connectivity index (χ1) is 7.12.